The number of aliphatic carboxylic acids is 1. The summed E-state index contributed by atoms with van der Waals surface area (Å²) in [4.78, 5) is 25.8. The molecule has 0 heterocycles. The summed E-state index contributed by atoms with van der Waals surface area (Å²) >= 11 is 0. The molecule has 10 heteroatoms. The number of carbonyl (C=O) groups is 2. The summed E-state index contributed by atoms with van der Waals surface area (Å²) in [6.07, 6.45) is 1.87. The van der Waals surface area contributed by atoms with Crippen molar-refractivity contribution >= 4 is 21.1 Å². The largest absolute Gasteiger partial charge is 0.493 e. The van der Waals surface area contributed by atoms with Crippen LogP contribution in [0.25, 0.3) is 0 Å². The highest BCUT2D eigenvalue weighted by Crippen LogP contribution is 2.40. The number of carbonyl (C=O) groups excluding carboxylic acids is 1. The molecule has 0 saturated carbocycles. The Hall–Kier alpha value is -2.30. The van der Waals surface area contributed by atoms with Crippen LogP contribution in [-0.4, -0.2) is 70.9 Å². The van der Waals surface area contributed by atoms with E-state index in [1.807, 2.05) is 46.0 Å². The minimum absolute atomic E-state index is 0.156. The molecule has 0 unspecified atom stereocenters. The third kappa shape index (κ3) is 13.8. The van der Waals surface area contributed by atoms with Gasteiger partial charge < -0.3 is 33.8 Å². The highest BCUT2D eigenvalue weighted by atomic mass is 28.3. The van der Waals surface area contributed by atoms with Gasteiger partial charge in [0.25, 0.3) is 0 Å². The molecule has 0 fully saturated rings. The zero-order valence-electron chi connectivity index (χ0n) is 29.6. The second-order valence-corrected chi connectivity index (χ2v) is 16.6. The van der Waals surface area contributed by atoms with Crippen LogP contribution in [0.15, 0.2) is 18.2 Å². The van der Waals surface area contributed by atoms with Crippen molar-refractivity contribution in [1.29, 1.82) is 0 Å². The Bertz CT molecular complexity index is 1030. The maximum absolute atomic E-state index is 13.2. The molecule has 0 aliphatic carbocycles. The summed E-state index contributed by atoms with van der Waals surface area (Å²) in [5.74, 6) is 0.564. The van der Waals surface area contributed by atoms with Crippen LogP contribution in [0, 0.1) is 23.2 Å². The highest BCUT2D eigenvalue weighted by molar-refractivity contribution is 6.48. The average molecular weight is 639 g/mol. The number of hydrogen-bond acceptors (Lipinski definition) is 7. The van der Waals surface area contributed by atoms with Crippen molar-refractivity contribution in [2.45, 2.75) is 118 Å². The van der Waals surface area contributed by atoms with Gasteiger partial charge in [0.1, 0.15) is 5.60 Å². The van der Waals surface area contributed by atoms with Crippen molar-refractivity contribution in [1.82, 2.24) is 5.32 Å². The van der Waals surface area contributed by atoms with Gasteiger partial charge in [0.05, 0.1) is 13.7 Å². The van der Waals surface area contributed by atoms with Crippen LogP contribution in [-0.2, 0) is 25.1 Å². The topological polar surface area (TPSA) is 113 Å². The lowest BCUT2D eigenvalue weighted by atomic mass is 9.68. The standard InChI is InChI=1S/C34H60NO8Si/c1-23(2)25(19-24-15-16-28(40-11)29(20-24)41-18-14-17-39-10)21-27(35-31(38)42-33(6,7)8)26(32(3,4)5)22-34(9,30(36)37)43-44(12)13/h15-16,20,23,25-27H,14,17-19,21-22H2,1-13H3,(H,35,38)(H,36,37)/t25-,26+,27-,34+/m0/s1. The van der Waals surface area contributed by atoms with Crippen LogP contribution in [0.1, 0.15) is 87.1 Å². The van der Waals surface area contributed by atoms with Crippen LogP contribution in [0.2, 0.25) is 13.1 Å². The number of benzene rings is 1. The minimum Gasteiger partial charge on any atom is -0.493 e. The second kappa shape index (κ2) is 17.4. The Morgan fingerprint density at radius 1 is 0.977 bits per heavy atom. The SMILES string of the molecule is COCCCOc1cc(C[C@@H](C[C@H](NC(=O)OC(C)(C)C)[C@@H](C[C@@](C)(O[Si](C)C)C(=O)O)C(C)(C)C)C(C)C)ccc1OC. The zero-order chi connectivity index (χ0) is 33.9. The lowest BCUT2D eigenvalue weighted by Crippen LogP contribution is -2.53. The van der Waals surface area contributed by atoms with Gasteiger partial charge in [0.2, 0.25) is 9.04 Å². The van der Waals surface area contributed by atoms with Crippen molar-refractivity contribution in [2.24, 2.45) is 23.2 Å². The van der Waals surface area contributed by atoms with Crippen molar-refractivity contribution in [3.8, 4) is 11.5 Å². The van der Waals surface area contributed by atoms with E-state index in [-0.39, 0.29) is 35.6 Å². The molecule has 1 radical (unpaired) electrons. The first kappa shape index (κ1) is 39.7. The van der Waals surface area contributed by atoms with E-state index >= 15 is 0 Å². The monoisotopic (exact) mass is 638 g/mol. The number of methoxy groups -OCH3 is 2. The molecule has 1 amide bonds. The number of carboxylic acid groups (broad SMARTS) is 1. The number of amides is 1. The minimum atomic E-state index is -1.39. The number of rotatable bonds is 18. The Morgan fingerprint density at radius 3 is 2.09 bits per heavy atom. The first-order chi connectivity index (χ1) is 20.2. The zero-order valence-corrected chi connectivity index (χ0v) is 30.6. The molecule has 1 aromatic carbocycles. The normalized spacial score (nSPS) is 15.8. The van der Waals surface area contributed by atoms with E-state index in [4.69, 9.17) is 23.4 Å². The third-order valence-electron chi connectivity index (χ3n) is 7.77. The number of nitrogens with one attached hydrogen (secondary N) is 1. The molecule has 9 nitrogen and oxygen atoms in total. The van der Waals surface area contributed by atoms with Crippen LogP contribution in [0.5, 0.6) is 11.5 Å². The summed E-state index contributed by atoms with van der Waals surface area (Å²) in [6.45, 7) is 22.8. The van der Waals surface area contributed by atoms with Crippen LogP contribution >= 0.6 is 0 Å². The van der Waals surface area contributed by atoms with Crippen molar-refractivity contribution in [3.05, 3.63) is 23.8 Å². The summed E-state index contributed by atoms with van der Waals surface area (Å²) in [6, 6.07) is 5.64. The molecule has 0 aliphatic rings. The molecular weight excluding hydrogens is 578 g/mol. The summed E-state index contributed by atoms with van der Waals surface area (Å²) in [7, 11) is 1.98. The van der Waals surface area contributed by atoms with Gasteiger partial charge in [-0.3, -0.25) is 0 Å². The fourth-order valence-corrected chi connectivity index (χ4v) is 6.52. The van der Waals surface area contributed by atoms with Crippen molar-refractivity contribution < 1.29 is 38.1 Å². The maximum Gasteiger partial charge on any atom is 0.407 e. The molecular formula is C34H60NO8Si. The van der Waals surface area contributed by atoms with Crippen LogP contribution in [0.3, 0.4) is 0 Å². The predicted octanol–water partition coefficient (Wildman–Crippen LogP) is 7.37. The van der Waals surface area contributed by atoms with E-state index in [9.17, 15) is 14.7 Å². The molecule has 2 N–H and O–H groups in total. The van der Waals surface area contributed by atoms with Gasteiger partial charge in [-0.2, -0.15) is 0 Å². The van der Waals surface area contributed by atoms with Gasteiger partial charge in [-0.05, 0) is 101 Å². The lowest BCUT2D eigenvalue weighted by Gasteiger charge is -2.43. The summed E-state index contributed by atoms with van der Waals surface area (Å²) < 4.78 is 28.5. The Labute approximate surface area is 268 Å². The van der Waals surface area contributed by atoms with E-state index in [0.717, 1.165) is 18.4 Å². The van der Waals surface area contributed by atoms with Crippen molar-refractivity contribution in [3.63, 3.8) is 0 Å². The molecule has 44 heavy (non-hydrogen) atoms. The quantitative estimate of drug-likeness (QED) is 0.127. The number of hydrogen-bond donors (Lipinski definition) is 2. The highest BCUT2D eigenvalue weighted by Gasteiger charge is 2.45. The fourth-order valence-electron chi connectivity index (χ4n) is 5.44. The van der Waals surface area contributed by atoms with Gasteiger partial charge in [-0.25, -0.2) is 9.59 Å². The first-order valence-corrected chi connectivity index (χ1v) is 18.1. The Kier molecular flexibility index (Phi) is 15.7. The molecule has 4 atom stereocenters. The molecule has 0 spiro atoms. The van der Waals surface area contributed by atoms with E-state index < -0.39 is 32.3 Å². The second-order valence-electron chi connectivity index (χ2n) is 14.6. The van der Waals surface area contributed by atoms with Crippen molar-refractivity contribution in [2.75, 3.05) is 27.4 Å². The smallest absolute Gasteiger partial charge is 0.407 e. The molecule has 0 aromatic heterocycles. The van der Waals surface area contributed by atoms with E-state index in [2.05, 4.69) is 46.0 Å². The van der Waals surface area contributed by atoms with Gasteiger partial charge in [0, 0.05) is 26.2 Å². The van der Waals surface area contributed by atoms with Crippen LogP contribution in [0.4, 0.5) is 4.79 Å². The van der Waals surface area contributed by atoms with Gasteiger partial charge in [-0.1, -0.05) is 40.7 Å². The van der Waals surface area contributed by atoms with Gasteiger partial charge >= 0.3 is 12.1 Å². The molecule has 0 aliphatic heterocycles. The molecule has 1 aromatic rings. The molecule has 253 valence electrons. The van der Waals surface area contributed by atoms with E-state index in [1.54, 1.807) is 21.1 Å². The Morgan fingerprint density at radius 2 is 1.61 bits per heavy atom. The number of carboxylic acids is 1. The molecule has 1 rings (SSSR count). The fraction of sp³-hybridized carbons (Fsp3) is 0.765. The average Bonchev–Trinajstić information content (AvgIpc) is 2.86. The first-order valence-electron chi connectivity index (χ1n) is 15.7. The molecule has 0 bridgehead atoms. The van der Waals surface area contributed by atoms with E-state index in [0.29, 0.717) is 31.1 Å². The van der Waals surface area contributed by atoms with Gasteiger partial charge in [-0.15, -0.1) is 0 Å². The summed E-state index contributed by atoms with van der Waals surface area (Å²) in [5.41, 5.74) is -1.31. The third-order valence-corrected chi connectivity index (χ3v) is 8.63. The predicted molar refractivity (Wildman–Crippen MR) is 177 cm³/mol. The van der Waals surface area contributed by atoms with E-state index in [1.165, 1.54) is 0 Å². The number of alkyl carbamates (subject to hydrolysis) is 1. The van der Waals surface area contributed by atoms with Crippen LogP contribution < -0.4 is 14.8 Å². The lowest BCUT2D eigenvalue weighted by molar-refractivity contribution is -0.157. The maximum atomic E-state index is 13.2. The number of ether oxygens (including phenoxy) is 4. The Balaban J connectivity index is 3.50. The molecule has 0 saturated heterocycles. The summed E-state index contributed by atoms with van der Waals surface area (Å²) in [5, 5.41) is 13.5. The van der Waals surface area contributed by atoms with Gasteiger partial charge in [0.15, 0.2) is 17.1 Å².